The normalized spacial score (nSPS) is 5.08. The van der Waals surface area contributed by atoms with Gasteiger partial charge < -0.3 is 63.5 Å². The van der Waals surface area contributed by atoms with E-state index in [9.17, 15) is 0 Å². The summed E-state index contributed by atoms with van der Waals surface area (Å²) in [6.45, 7) is 0. The topological polar surface area (TPSA) is 413 Å². The van der Waals surface area contributed by atoms with E-state index in [0.717, 1.165) is 0 Å². The second kappa shape index (κ2) is 44.0. The number of aliphatic carboxylic acids is 6. The zero-order valence-corrected chi connectivity index (χ0v) is 15.2. The van der Waals surface area contributed by atoms with Crippen molar-refractivity contribution in [1.82, 2.24) is 0 Å². The van der Waals surface area contributed by atoms with E-state index in [1.165, 1.54) is 0 Å². The smallest absolute Gasteiger partial charge is 0.414 e. The van der Waals surface area contributed by atoms with E-state index in [4.69, 9.17) is 59.4 Å². The molecule has 0 bridgehead atoms. The molecule has 0 aromatic rings. The minimum absolute atomic E-state index is 0. The van der Waals surface area contributed by atoms with Crippen molar-refractivity contribution < 1.29 is 166 Å². The molecule has 0 rings (SSSR count). The Morgan fingerprint density at radius 2 is 0.346 bits per heavy atom. The number of hydrogen-bond acceptors (Lipinski definition) is 6. The van der Waals surface area contributed by atoms with Gasteiger partial charge in [0.2, 0.25) is 0 Å². The van der Waals surface area contributed by atoms with Gasteiger partial charge in [0.15, 0.2) is 0 Å². The zero-order valence-electron chi connectivity index (χ0n) is 11.7. The Morgan fingerprint density at radius 3 is 0.346 bits per heavy atom. The minimum atomic E-state index is -1.82. The standard InChI is InChI=1S/3C2H2O4.6H2O.2Tm/c3*3-1(4)2(5)6;;;;;;;;/h3*(H,3,4)(H,5,6);6*1H2;;. The zero-order chi connectivity index (χ0) is 15.5. The maximum Gasteiger partial charge on any atom is 0.414 e. The molecule has 0 atom stereocenters. The van der Waals surface area contributed by atoms with Crippen LogP contribution < -0.4 is 0 Å². The van der Waals surface area contributed by atoms with Gasteiger partial charge in [-0.05, 0) is 0 Å². The van der Waals surface area contributed by atoms with Crippen LogP contribution in [0.5, 0.6) is 0 Å². The summed E-state index contributed by atoms with van der Waals surface area (Å²) in [6.07, 6.45) is 0. The Balaban J connectivity index is -0.0000000125. The number of hydrogen-bond donors (Lipinski definition) is 6. The Labute approximate surface area is 200 Å². The van der Waals surface area contributed by atoms with E-state index >= 15 is 0 Å². The first-order valence-electron chi connectivity index (χ1n) is 3.32. The first-order chi connectivity index (χ1) is 7.93. The summed E-state index contributed by atoms with van der Waals surface area (Å²) in [5.74, 6) is -10.9. The van der Waals surface area contributed by atoms with E-state index in [2.05, 4.69) is 0 Å². The van der Waals surface area contributed by atoms with Crippen molar-refractivity contribution in [2.75, 3.05) is 0 Å². The molecule has 0 aromatic carbocycles. The Hall–Kier alpha value is -0.952. The van der Waals surface area contributed by atoms with Crippen LogP contribution in [0.3, 0.4) is 0 Å². The molecule has 0 spiro atoms. The molecule has 0 fully saturated rings. The Bertz CT molecular complexity index is 285. The molecule has 0 saturated carbocycles. The monoisotopic (exact) mass is 716 g/mol. The molecular weight excluding hydrogens is 698 g/mol. The first-order valence-corrected chi connectivity index (χ1v) is 3.32. The maximum absolute atomic E-state index is 9.10. The number of carboxylic acid groups (broad SMARTS) is 6. The van der Waals surface area contributed by atoms with Crippen molar-refractivity contribution in [2.24, 2.45) is 0 Å². The molecule has 0 heterocycles. The molecule has 20 heteroatoms. The van der Waals surface area contributed by atoms with Gasteiger partial charge in [0.05, 0.1) is 0 Å². The predicted molar refractivity (Wildman–Crippen MR) is 67.5 cm³/mol. The van der Waals surface area contributed by atoms with Crippen molar-refractivity contribution in [3.63, 3.8) is 0 Å². The van der Waals surface area contributed by atoms with Crippen LogP contribution in [-0.4, -0.2) is 99.3 Å². The molecule has 26 heavy (non-hydrogen) atoms. The molecule has 0 amide bonds. The van der Waals surface area contributed by atoms with E-state index < -0.39 is 35.8 Å². The third-order valence-corrected chi connectivity index (χ3v) is 0.549. The van der Waals surface area contributed by atoms with Crippen molar-refractivity contribution in [3.8, 4) is 0 Å². The molecule has 0 aliphatic carbocycles. The van der Waals surface area contributed by atoms with Gasteiger partial charge in [-0.3, -0.25) is 0 Å². The molecule has 2 radical (unpaired) electrons. The Kier molecular flexibility index (Phi) is 124. The van der Waals surface area contributed by atoms with Crippen LogP contribution in [0.15, 0.2) is 0 Å². The van der Waals surface area contributed by atoms with Crippen LogP contribution in [0.2, 0.25) is 0 Å². The van der Waals surface area contributed by atoms with Crippen molar-refractivity contribution in [1.29, 1.82) is 0 Å². The molecule has 0 aliphatic rings. The van der Waals surface area contributed by atoms with Gasteiger partial charge >= 0.3 is 35.8 Å². The van der Waals surface area contributed by atoms with Gasteiger partial charge in [0.1, 0.15) is 0 Å². The predicted octanol–water partition coefficient (Wildman–Crippen LogP) is -7.48. The molecule has 0 unspecified atom stereocenters. The summed E-state index contributed by atoms with van der Waals surface area (Å²) in [5, 5.41) is 44.3. The van der Waals surface area contributed by atoms with E-state index in [1.807, 2.05) is 0 Å². The van der Waals surface area contributed by atoms with Crippen LogP contribution in [-0.2, 0) is 28.8 Å². The van der Waals surface area contributed by atoms with Crippen molar-refractivity contribution in [3.05, 3.63) is 0 Å². The van der Waals surface area contributed by atoms with Crippen LogP contribution in [0.1, 0.15) is 0 Å². The van der Waals surface area contributed by atoms with Gasteiger partial charge in [0, 0.05) is 73.7 Å². The van der Waals surface area contributed by atoms with Crippen LogP contribution in [0, 0.1) is 73.7 Å². The summed E-state index contributed by atoms with van der Waals surface area (Å²) in [6, 6.07) is 0. The van der Waals surface area contributed by atoms with Crippen molar-refractivity contribution in [2.45, 2.75) is 0 Å². The summed E-state index contributed by atoms with van der Waals surface area (Å²) in [5.41, 5.74) is 0. The van der Waals surface area contributed by atoms with E-state index in [-0.39, 0.29) is 107 Å². The van der Waals surface area contributed by atoms with Crippen LogP contribution in [0.25, 0.3) is 0 Å². The van der Waals surface area contributed by atoms with Crippen LogP contribution >= 0.6 is 0 Å². The van der Waals surface area contributed by atoms with Crippen LogP contribution in [0.4, 0.5) is 0 Å². The quantitative estimate of drug-likeness (QED) is 0.127. The molecule has 0 aliphatic heterocycles. The molecule has 0 aromatic heterocycles. The second-order valence-electron chi connectivity index (χ2n) is 1.83. The van der Waals surface area contributed by atoms with Gasteiger partial charge in [-0.2, -0.15) is 0 Å². The summed E-state index contributed by atoms with van der Waals surface area (Å²) >= 11 is 0. The van der Waals surface area contributed by atoms with Gasteiger partial charge in [-0.25, -0.2) is 28.8 Å². The van der Waals surface area contributed by atoms with E-state index in [1.54, 1.807) is 0 Å². The fourth-order valence-corrected chi connectivity index (χ4v) is 0. The SMILES string of the molecule is O.O.O.O.O.O.O=C(O)C(=O)O.O=C(O)C(=O)O.O=C(O)C(=O)O.[Tm].[Tm]. The molecule has 176 valence electrons. The average molecular weight is 716 g/mol. The van der Waals surface area contributed by atoms with Crippen molar-refractivity contribution >= 4 is 35.8 Å². The molecular formula is C6H18O18Tm2. The summed E-state index contributed by atoms with van der Waals surface area (Å²) in [7, 11) is 0. The fraction of sp³-hybridized carbons (Fsp3) is 0. The average Bonchev–Trinajstić information content (AvgIpc) is 2.18. The fourth-order valence-electron chi connectivity index (χ4n) is 0. The van der Waals surface area contributed by atoms with Gasteiger partial charge in [0.25, 0.3) is 0 Å². The maximum atomic E-state index is 9.10. The number of carboxylic acids is 6. The summed E-state index contributed by atoms with van der Waals surface area (Å²) in [4.78, 5) is 54.6. The largest absolute Gasteiger partial charge is 0.473 e. The third kappa shape index (κ3) is 91.8. The number of carbonyl (C=O) groups is 6. The second-order valence-corrected chi connectivity index (χ2v) is 1.83. The number of rotatable bonds is 0. The molecule has 18 nitrogen and oxygen atoms in total. The first kappa shape index (κ1) is 73.4. The van der Waals surface area contributed by atoms with Gasteiger partial charge in [-0.1, -0.05) is 0 Å². The Morgan fingerprint density at radius 1 is 0.308 bits per heavy atom. The third-order valence-electron chi connectivity index (χ3n) is 0.549. The molecule has 18 N–H and O–H groups in total. The molecule has 0 saturated heterocycles. The minimum Gasteiger partial charge on any atom is -0.473 e. The van der Waals surface area contributed by atoms with E-state index in [0.29, 0.717) is 0 Å². The van der Waals surface area contributed by atoms with Gasteiger partial charge in [-0.15, -0.1) is 0 Å². The summed E-state index contributed by atoms with van der Waals surface area (Å²) < 4.78 is 0.